The van der Waals surface area contributed by atoms with Gasteiger partial charge in [0.1, 0.15) is 0 Å². The number of carbonyl (C=O) groups excluding carboxylic acids is 1. The number of H-pyrrole nitrogens is 1. The van der Waals surface area contributed by atoms with E-state index in [0.717, 1.165) is 38.3 Å². The lowest BCUT2D eigenvalue weighted by Gasteiger charge is -2.32. The average molecular weight is 527 g/mol. The second-order valence-corrected chi connectivity index (χ2v) is 7.43. The van der Waals surface area contributed by atoms with Crippen LogP contribution in [0.4, 0.5) is 4.79 Å². The van der Waals surface area contributed by atoms with E-state index in [1.165, 1.54) is 22.0 Å². The highest BCUT2D eigenvalue weighted by Crippen LogP contribution is 2.21. The number of piperidine rings is 1. The number of halogens is 1. The van der Waals surface area contributed by atoms with E-state index in [-0.39, 0.29) is 30.1 Å². The lowest BCUT2D eigenvalue weighted by Crippen LogP contribution is -2.50. The number of carbonyl (C=O) groups is 1. The van der Waals surface area contributed by atoms with Crippen molar-refractivity contribution in [2.75, 3.05) is 32.8 Å². The number of aliphatic imine (C=N–C) groups is 1. The second-order valence-electron chi connectivity index (χ2n) is 7.43. The number of aromatic amines is 1. The van der Waals surface area contributed by atoms with Crippen LogP contribution < -0.4 is 10.6 Å². The Hall–Kier alpha value is -1.97. The van der Waals surface area contributed by atoms with Gasteiger partial charge in [0.05, 0.1) is 6.61 Å². The van der Waals surface area contributed by atoms with E-state index in [1.807, 2.05) is 6.92 Å². The SMILES string of the molecule is CCNC(=NCCc1c[nH]c2c(C)cccc12)NC1CCN(C(=O)OCC)CC1.I. The Morgan fingerprint density at radius 1 is 1.30 bits per heavy atom. The van der Waals surface area contributed by atoms with Gasteiger partial charge in [0.15, 0.2) is 5.96 Å². The number of nitrogens with one attached hydrogen (secondary N) is 3. The molecule has 1 saturated heterocycles. The van der Waals surface area contributed by atoms with E-state index >= 15 is 0 Å². The Kier molecular flexibility index (Phi) is 9.74. The van der Waals surface area contributed by atoms with E-state index < -0.39 is 0 Å². The molecule has 1 amide bonds. The molecule has 7 nitrogen and oxygen atoms in total. The standard InChI is InChI=1S/C22H33N5O2.HI/c1-4-23-21(26-18-10-13-27(14-11-18)22(28)29-5-2)24-12-9-17-15-25-20-16(3)7-6-8-19(17)20;/h6-8,15,18,25H,4-5,9-14H2,1-3H3,(H2,23,24,26);1H. The quantitative estimate of drug-likeness (QED) is 0.303. The summed E-state index contributed by atoms with van der Waals surface area (Å²) in [5.41, 5.74) is 3.78. The molecule has 0 bridgehead atoms. The minimum Gasteiger partial charge on any atom is -0.450 e. The molecule has 0 atom stereocenters. The zero-order chi connectivity index (χ0) is 20.6. The third-order valence-electron chi connectivity index (χ3n) is 5.37. The average Bonchev–Trinajstić information content (AvgIpc) is 3.13. The molecule has 0 spiro atoms. The Bertz CT molecular complexity index is 843. The summed E-state index contributed by atoms with van der Waals surface area (Å²) in [6.07, 6.45) is 4.57. The van der Waals surface area contributed by atoms with Crippen LogP contribution in [0.1, 0.15) is 37.8 Å². The van der Waals surface area contributed by atoms with Crippen LogP contribution in [0, 0.1) is 6.92 Å². The molecule has 0 saturated carbocycles. The molecule has 0 unspecified atom stereocenters. The first-order valence-electron chi connectivity index (χ1n) is 10.6. The Morgan fingerprint density at radius 2 is 2.07 bits per heavy atom. The summed E-state index contributed by atoms with van der Waals surface area (Å²) in [7, 11) is 0. The number of guanidine groups is 1. The van der Waals surface area contributed by atoms with E-state index in [2.05, 4.69) is 53.9 Å². The van der Waals surface area contributed by atoms with Gasteiger partial charge in [-0.3, -0.25) is 4.99 Å². The summed E-state index contributed by atoms with van der Waals surface area (Å²) < 4.78 is 5.09. The van der Waals surface area contributed by atoms with Crippen molar-refractivity contribution in [2.24, 2.45) is 4.99 Å². The van der Waals surface area contributed by atoms with Gasteiger partial charge in [0.25, 0.3) is 0 Å². The van der Waals surface area contributed by atoms with Gasteiger partial charge < -0.3 is 25.3 Å². The molecule has 30 heavy (non-hydrogen) atoms. The fraction of sp³-hybridized carbons (Fsp3) is 0.545. The molecule has 1 aliphatic heterocycles. The first kappa shape index (κ1) is 24.3. The molecule has 8 heteroatoms. The Morgan fingerprint density at radius 3 is 2.77 bits per heavy atom. The molecule has 166 valence electrons. The molecule has 3 rings (SSSR count). The molecule has 1 aromatic heterocycles. The third kappa shape index (κ3) is 6.26. The van der Waals surface area contributed by atoms with Gasteiger partial charge in [0.2, 0.25) is 0 Å². The van der Waals surface area contributed by atoms with Crippen LogP contribution in [0.5, 0.6) is 0 Å². The first-order valence-corrected chi connectivity index (χ1v) is 10.6. The third-order valence-corrected chi connectivity index (χ3v) is 5.37. The lowest BCUT2D eigenvalue weighted by atomic mass is 10.1. The molecule has 0 aliphatic carbocycles. The zero-order valence-corrected chi connectivity index (χ0v) is 20.5. The normalized spacial score (nSPS) is 15.0. The van der Waals surface area contributed by atoms with Crippen molar-refractivity contribution < 1.29 is 9.53 Å². The first-order chi connectivity index (χ1) is 14.1. The number of fused-ring (bicyclic) bond motifs is 1. The van der Waals surface area contributed by atoms with Crippen LogP contribution in [-0.2, 0) is 11.2 Å². The van der Waals surface area contributed by atoms with E-state index in [1.54, 1.807) is 4.90 Å². The summed E-state index contributed by atoms with van der Waals surface area (Å²) >= 11 is 0. The zero-order valence-electron chi connectivity index (χ0n) is 18.2. The molecule has 1 fully saturated rings. The molecule has 3 N–H and O–H groups in total. The minimum absolute atomic E-state index is 0. The Labute approximate surface area is 196 Å². The van der Waals surface area contributed by atoms with E-state index in [4.69, 9.17) is 9.73 Å². The van der Waals surface area contributed by atoms with Crippen LogP contribution in [0.2, 0.25) is 0 Å². The fourth-order valence-corrected chi connectivity index (χ4v) is 3.79. The van der Waals surface area contributed by atoms with Gasteiger partial charge in [-0.15, -0.1) is 24.0 Å². The predicted molar refractivity (Wildman–Crippen MR) is 133 cm³/mol. The predicted octanol–water partition coefficient (Wildman–Crippen LogP) is 3.81. The maximum Gasteiger partial charge on any atom is 0.409 e. The van der Waals surface area contributed by atoms with Gasteiger partial charge >= 0.3 is 6.09 Å². The van der Waals surface area contributed by atoms with E-state index in [9.17, 15) is 4.79 Å². The number of aromatic nitrogens is 1. The number of benzene rings is 1. The van der Waals surface area contributed by atoms with Gasteiger partial charge in [-0.05, 0) is 51.2 Å². The van der Waals surface area contributed by atoms with Crippen LogP contribution in [0.25, 0.3) is 10.9 Å². The van der Waals surface area contributed by atoms with Crippen LogP contribution in [-0.4, -0.2) is 60.8 Å². The number of rotatable bonds is 6. The summed E-state index contributed by atoms with van der Waals surface area (Å²) in [5.74, 6) is 0.845. The number of hydrogen-bond donors (Lipinski definition) is 3. The molecule has 2 aromatic rings. The van der Waals surface area contributed by atoms with Gasteiger partial charge in [-0.2, -0.15) is 0 Å². The minimum atomic E-state index is -0.208. The number of nitrogens with zero attached hydrogens (tertiary/aromatic N) is 2. The van der Waals surface area contributed by atoms with Gasteiger partial charge in [0, 0.05) is 49.3 Å². The van der Waals surface area contributed by atoms with Crippen LogP contribution >= 0.6 is 24.0 Å². The largest absolute Gasteiger partial charge is 0.450 e. The molecular formula is C22H34IN5O2. The van der Waals surface area contributed by atoms with Crippen molar-refractivity contribution in [2.45, 2.75) is 46.1 Å². The molecule has 1 aliphatic rings. The number of para-hydroxylation sites is 1. The number of aryl methyl sites for hydroxylation is 1. The maximum absolute atomic E-state index is 11.8. The van der Waals surface area contributed by atoms with E-state index in [0.29, 0.717) is 25.7 Å². The summed E-state index contributed by atoms with van der Waals surface area (Å²) in [5, 5.41) is 8.15. The molecule has 1 aromatic carbocycles. The van der Waals surface area contributed by atoms with Crippen molar-refractivity contribution in [1.29, 1.82) is 0 Å². The van der Waals surface area contributed by atoms with Crippen molar-refractivity contribution >= 4 is 46.9 Å². The van der Waals surface area contributed by atoms with Crippen LogP contribution in [0.3, 0.4) is 0 Å². The fourth-order valence-electron chi connectivity index (χ4n) is 3.79. The lowest BCUT2D eigenvalue weighted by molar-refractivity contribution is 0.0963. The van der Waals surface area contributed by atoms with Crippen LogP contribution in [0.15, 0.2) is 29.4 Å². The summed E-state index contributed by atoms with van der Waals surface area (Å²) in [6.45, 7) is 9.42. The van der Waals surface area contributed by atoms with Crippen molar-refractivity contribution in [3.8, 4) is 0 Å². The smallest absolute Gasteiger partial charge is 0.409 e. The summed E-state index contributed by atoms with van der Waals surface area (Å²) in [6, 6.07) is 6.71. The topological polar surface area (TPSA) is 81.8 Å². The van der Waals surface area contributed by atoms with Crippen molar-refractivity contribution in [1.82, 2.24) is 20.5 Å². The highest BCUT2D eigenvalue weighted by Gasteiger charge is 2.24. The number of likely N-dealkylation sites (tertiary alicyclic amines) is 1. The number of ether oxygens (including phenoxy) is 1. The molecule has 2 heterocycles. The highest BCUT2D eigenvalue weighted by atomic mass is 127. The monoisotopic (exact) mass is 527 g/mol. The van der Waals surface area contributed by atoms with Crippen molar-refractivity contribution in [3.05, 3.63) is 35.5 Å². The Balaban J connectivity index is 0.00000320. The molecule has 0 radical (unpaired) electrons. The van der Waals surface area contributed by atoms with Gasteiger partial charge in [-0.25, -0.2) is 4.79 Å². The second kappa shape index (κ2) is 12.0. The highest BCUT2D eigenvalue weighted by molar-refractivity contribution is 14.0. The van der Waals surface area contributed by atoms with Gasteiger partial charge in [-0.1, -0.05) is 18.2 Å². The number of hydrogen-bond acceptors (Lipinski definition) is 3. The number of amides is 1. The van der Waals surface area contributed by atoms with Crippen molar-refractivity contribution in [3.63, 3.8) is 0 Å². The molecular weight excluding hydrogens is 493 g/mol. The maximum atomic E-state index is 11.8. The summed E-state index contributed by atoms with van der Waals surface area (Å²) in [4.78, 5) is 21.8.